The zero-order chi connectivity index (χ0) is 16.5. The first-order chi connectivity index (χ1) is 11.7. The van der Waals surface area contributed by atoms with E-state index in [9.17, 15) is 4.79 Å². The number of nitrogens with zero attached hydrogens (tertiary/aromatic N) is 2. The van der Waals surface area contributed by atoms with Gasteiger partial charge in [0.1, 0.15) is 5.69 Å². The fourth-order valence-corrected chi connectivity index (χ4v) is 4.42. The predicted molar refractivity (Wildman–Crippen MR) is 97.7 cm³/mol. The maximum atomic E-state index is 12.9. The molecule has 24 heavy (non-hydrogen) atoms. The van der Waals surface area contributed by atoms with Crippen LogP contribution in [0, 0.1) is 0 Å². The molecule has 2 aromatic rings. The van der Waals surface area contributed by atoms with Crippen molar-refractivity contribution in [3.63, 3.8) is 0 Å². The van der Waals surface area contributed by atoms with Gasteiger partial charge in [0.2, 0.25) is 0 Å². The summed E-state index contributed by atoms with van der Waals surface area (Å²) in [4.78, 5) is 20.7. The summed E-state index contributed by atoms with van der Waals surface area (Å²) < 4.78 is 0. The van der Waals surface area contributed by atoms with Crippen LogP contribution in [0.15, 0.2) is 24.3 Å². The van der Waals surface area contributed by atoms with Crippen LogP contribution in [0.5, 0.6) is 0 Å². The first kappa shape index (κ1) is 16.0. The summed E-state index contributed by atoms with van der Waals surface area (Å²) in [5.41, 5.74) is 1.46. The highest BCUT2D eigenvalue weighted by Gasteiger charge is 2.29. The first-order valence-corrected chi connectivity index (χ1v) is 9.41. The number of halogens is 1. The van der Waals surface area contributed by atoms with Crippen molar-refractivity contribution >= 4 is 28.4 Å². The molecule has 0 atom stereocenters. The molecule has 1 aromatic heterocycles. The van der Waals surface area contributed by atoms with Crippen molar-refractivity contribution in [2.75, 3.05) is 26.2 Å². The fourth-order valence-electron chi connectivity index (χ4n) is 4.13. The molecule has 0 spiro atoms. The monoisotopic (exact) mass is 345 g/mol. The van der Waals surface area contributed by atoms with Crippen molar-refractivity contribution in [3.8, 4) is 0 Å². The van der Waals surface area contributed by atoms with Gasteiger partial charge >= 0.3 is 0 Å². The molecule has 2 saturated heterocycles. The number of carbonyl (C=O) groups is 1. The number of piperidine rings is 2. The molecule has 1 aromatic carbocycles. The quantitative estimate of drug-likeness (QED) is 0.896. The minimum absolute atomic E-state index is 0.0355. The number of para-hydroxylation sites is 1. The van der Waals surface area contributed by atoms with Crippen LogP contribution in [-0.4, -0.2) is 52.9 Å². The highest BCUT2D eigenvalue weighted by Crippen LogP contribution is 2.29. The van der Waals surface area contributed by atoms with Crippen molar-refractivity contribution in [1.29, 1.82) is 0 Å². The number of hydrogen-bond donors (Lipinski definition) is 1. The van der Waals surface area contributed by atoms with Crippen molar-refractivity contribution in [3.05, 3.63) is 35.0 Å². The van der Waals surface area contributed by atoms with E-state index in [1.54, 1.807) is 0 Å². The van der Waals surface area contributed by atoms with Gasteiger partial charge in [-0.2, -0.15) is 0 Å². The second-order valence-electron chi connectivity index (χ2n) is 6.98. The number of aromatic amines is 1. The van der Waals surface area contributed by atoms with Gasteiger partial charge in [-0.05, 0) is 44.8 Å². The summed E-state index contributed by atoms with van der Waals surface area (Å²) >= 11 is 6.43. The molecule has 3 heterocycles. The molecule has 1 amide bonds. The van der Waals surface area contributed by atoms with E-state index in [-0.39, 0.29) is 5.91 Å². The Balaban J connectivity index is 1.44. The van der Waals surface area contributed by atoms with Gasteiger partial charge < -0.3 is 14.8 Å². The Morgan fingerprint density at radius 2 is 1.75 bits per heavy atom. The van der Waals surface area contributed by atoms with E-state index in [2.05, 4.69) is 9.88 Å². The van der Waals surface area contributed by atoms with Gasteiger partial charge in [0.05, 0.1) is 5.02 Å². The summed E-state index contributed by atoms with van der Waals surface area (Å²) in [5.74, 6) is 0.0355. The van der Waals surface area contributed by atoms with Crippen molar-refractivity contribution < 1.29 is 4.79 Å². The molecule has 4 rings (SSSR count). The molecule has 0 saturated carbocycles. The Hall–Kier alpha value is -1.52. The summed E-state index contributed by atoms with van der Waals surface area (Å²) in [6, 6.07) is 8.45. The molecule has 1 N–H and O–H groups in total. The number of rotatable bonds is 2. The van der Waals surface area contributed by atoms with Gasteiger partial charge in [0, 0.05) is 30.0 Å². The van der Waals surface area contributed by atoms with E-state index in [0.29, 0.717) is 16.8 Å². The molecular weight excluding hydrogens is 322 g/mol. The van der Waals surface area contributed by atoms with E-state index in [4.69, 9.17) is 11.6 Å². The zero-order valence-corrected chi connectivity index (χ0v) is 14.7. The Morgan fingerprint density at radius 1 is 1.04 bits per heavy atom. The second-order valence-corrected chi connectivity index (χ2v) is 7.36. The van der Waals surface area contributed by atoms with E-state index in [0.717, 1.165) is 36.8 Å². The number of nitrogens with one attached hydrogen (secondary N) is 1. The number of hydrogen-bond acceptors (Lipinski definition) is 2. The van der Waals surface area contributed by atoms with Crippen LogP contribution in [0.3, 0.4) is 0 Å². The average molecular weight is 346 g/mol. The SMILES string of the molecule is O=C(c1[nH]c2ccccc2c1Cl)N1CCC(N2CCCCC2)CC1. The van der Waals surface area contributed by atoms with E-state index >= 15 is 0 Å². The average Bonchev–Trinajstić information content (AvgIpc) is 2.99. The van der Waals surface area contributed by atoms with Crippen LogP contribution in [0.25, 0.3) is 10.9 Å². The van der Waals surface area contributed by atoms with Crippen LogP contribution >= 0.6 is 11.6 Å². The lowest BCUT2D eigenvalue weighted by molar-refractivity contribution is 0.0586. The van der Waals surface area contributed by atoms with E-state index < -0.39 is 0 Å². The molecule has 0 bridgehead atoms. The van der Waals surface area contributed by atoms with E-state index in [1.165, 1.54) is 32.4 Å². The van der Waals surface area contributed by atoms with Crippen LogP contribution in [0.4, 0.5) is 0 Å². The first-order valence-electron chi connectivity index (χ1n) is 9.03. The lowest BCUT2D eigenvalue weighted by Crippen LogP contribution is -2.48. The predicted octanol–water partition coefficient (Wildman–Crippen LogP) is 3.91. The summed E-state index contributed by atoms with van der Waals surface area (Å²) in [7, 11) is 0. The number of carbonyl (C=O) groups excluding carboxylic acids is 1. The fraction of sp³-hybridized carbons (Fsp3) is 0.526. The molecule has 128 valence electrons. The van der Waals surface area contributed by atoms with Gasteiger partial charge in [-0.1, -0.05) is 36.2 Å². The Bertz CT molecular complexity index is 727. The van der Waals surface area contributed by atoms with Crippen LogP contribution < -0.4 is 0 Å². The minimum atomic E-state index is 0.0355. The van der Waals surface area contributed by atoms with Crippen LogP contribution in [0.1, 0.15) is 42.6 Å². The Kier molecular flexibility index (Phi) is 4.51. The molecule has 2 fully saturated rings. The number of benzene rings is 1. The van der Waals surface area contributed by atoms with Gasteiger partial charge in [-0.25, -0.2) is 0 Å². The van der Waals surface area contributed by atoms with Crippen molar-refractivity contribution in [1.82, 2.24) is 14.8 Å². The topological polar surface area (TPSA) is 39.3 Å². The molecule has 5 heteroatoms. The number of amides is 1. The zero-order valence-electron chi connectivity index (χ0n) is 13.9. The molecule has 0 radical (unpaired) electrons. The molecule has 2 aliphatic heterocycles. The minimum Gasteiger partial charge on any atom is -0.349 e. The third-order valence-electron chi connectivity index (χ3n) is 5.52. The second kappa shape index (κ2) is 6.77. The standard InChI is InChI=1S/C19H24ClN3O/c20-17-15-6-2-3-7-16(15)21-18(17)19(24)23-12-8-14(9-13-23)22-10-4-1-5-11-22/h2-3,6-7,14,21H,1,4-5,8-13H2. The maximum absolute atomic E-state index is 12.9. The maximum Gasteiger partial charge on any atom is 0.271 e. The molecule has 0 aliphatic carbocycles. The highest BCUT2D eigenvalue weighted by atomic mass is 35.5. The highest BCUT2D eigenvalue weighted by molar-refractivity contribution is 6.38. The number of likely N-dealkylation sites (tertiary alicyclic amines) is 2. The number of H-pyrrole nitrogens is 1. The van der Waals surface area contributed by atoms with Crippen LogP contribution in [-0.2, 0) is 0 Å². The summed E-state index contributed by atoms with van der Waals surface area (Å²) in [6.45, 7) is 4.11. The van der Waals surface area contributed by atoms with E-state index in [1.807, 2.05) is 29.2 Å². The van der Waals surface area contributed by atoms with Gasteiger partial charge in [0.15, 0.2) is 0 Å². The third kappa shape index (κ3) is 2.93. The largest absolute Gasteiger partial charge is 0.349 e. The van der Waals surface area contributed by atoms with Gasteiger partial charge in [-0.3, -0.25) is 4.79 Å². The summed E-state index contributed by atoms with van der Waals surface area (Å²) in [6.07, 6.45) is 6.16. The number of fused-ring (bicyclic) bond motifs is 1. The smallest absolute Gasteiger partial charge is 0.271 e. The molecule has 2 aliphatic rings. The third-order valence-corrected chi connectivity index (χ3v) is 5.91. The molecule has 4 nitrogen and oxygen atoms in total. The van der Waals surface area contributed by atoms with Gasteiger partial charge in [0.25, 0.3) is 5.91 Å². The van der Waals surface area contributed by atoms with Crippen molar-refractivity contribution in [2.45, 2.75) is 38.1 Å². The normalized spacial score (nSPS) is 20.6. The lowest BCUT2D eigenvalue weighted by atomic mass is 10.00. The van der Waals surface area contributed by atoms with Crippen molar-refractivity contribution in [2.24, 2.45) is 0 Å². The molecular formula is C19H24ClN3O. The lowest BCUT2D eigenvalue weighted by Gasteiger charge is -2.40. The van der Waals surface area contributed by atoms with Crippen LogP contribution in [0.2, 0.25) is 5.02 Å². The Morgan fingerprint density at radius 3 is 2.46 bits per heavy atom. The Labute approximate surface area is 147 Å². The molecule has 0 unspecified atom stereocenters. The van der Waals surface area contributed by atoms with Gasteiger partial charge in [-0.15, -0.1) is 0 Å². The summed E-state index contributed by atoms with van der Waals surface area (Å²) in [5, 5.41) is 1.47. The number of aromatic nitrogens is 1.